The lowest BCUT2D eigenvalue weighted by Gasteiger charge is -2.42. The van der Waals surface area contributed by atoms with Crippen molar-refractivity contribution >= 4 is 28.5 Å². The lowest BCUT2D eigenvalue weighted by atomic mass is 9.69. The molecule has 0 bridgehead atoms. The molecular formula is C16H18N4O8. The molecule has 4 N–H and O–H groups in total. The molecular weight excluding hydrogens is 376 g/mol. The average molecular weight is 394 g/mol. The number of H-pyrrole nitrogens is 1. The van der Waals surface area contributed by atoms with E-state index in [1.807, 2.05) is 0 Å². The van der Waals surface area contributed by atoms with Crippen LogP contribution in [0.5, 0.6) is 0 Å². The van der Waals surface area contributed by atoms with Gasteiger partial charge in [0.15, 0.2) is 34.1 Å². The van der Waals surface area contributed by atoms with E-state index in [-0.39, 0.29) is 11.2 Å². The highest BCUT2D eigenvalue weighted by molar-refractivity contribution is 6.05. The first-order valence-corrected chi connectivity index (χ1v) is 8.17. The van der Waals surface area contributed by atoms with Gasteiger partial charge in [0, 0.05) is 0 Å². The van der Waals surface area contributed by atoms with Gasteiger partial charge in [0.05, 0.1) is 12.9 Å². The minimum absolute atomic E-state index is 0.239. The second-order valence-electron chi connectivity index (χ2n) is 6.60. The Morgan fingerprint density at radius 1 is 1.18 bits per heavy atom. The second kappa shape index (κ2) is 6.10. The number of carbonyl (C=O) groups excluding carboxylic acids is 3. The number of ether oxygens (including phenoxy) is 1. The van der Waals surface area contributed by atoms with Crippen molar-refractivity contribution in [2.75, 3.05) is 6.61 Å². The van der Waals surface area contributed by atoms with Crippen LogP contribution in [-0.4, -0.2) is 76.1 Å². The first-order valence-electron chi connectivity index (χ1n) is 8.17. The number of nitrogens with one attached hydrogen (secondary N) is 1. The standard InChI is InChI=1S/C16H18N4O8/c1-7(22)14(26)10(4-21)28-16(9(3)24,15(14,27)8(2)23)20-6-19-11-12(20)17-5-18-13(11)25/h5-6,10,21,26-27H,4H2,1-3H3,(H,17,18,25)/t10-,14-,15-,16-/m1/s1. The van der Waals surface area contributed by atoms with Gasteiger partial charge in [0.25, 0.3) is 5.56 Å². The maximum atomic E-state index is 12.8. The van der Waals surface area contributed by atoms with E-state index in [0.29, 0.717) is 0 Å². The Hall–Kier alpha value is -2.80. The van der Waals surface area contributed by atoms with Gasteiger partial charge in [-0.05, 0) is 20.8 Å². The van der Waals surface area contributed by atoms with E-state index < -0.39 is 52.5 Å². The van der Waals surface area contributed by atoms with E-state index in [0.717, 1.165) is 38.0 Å². The molecule has 0 amide bonds. The van der Waals surface area contributed by atoms with Crippen LogP contribution in [0.3, 0.4) is 0 Å². The molecule has 0 aliphatic carbocycles. The zero-order chi connectivity index (χ0) is 21.1. The third kappa shape index (κ3) is 2.02. The molecule has 0 saturated carbocycles. The summed E-state index contributed by atoms with van der Waals surface area (Å²) in [5, 5.41) is 32.1. The number of aromatic nitrogens is 4. The van der Waals surface area contributed by atoms with E-state index in [9.17, 15) is 34.5 Å². The number of fused-ring (bicyclic) bond motifs is 1. The van der Waals surface area contributed by atoms with Crippen LogP contribution in [0.2, 0.25) is 0 Å². The fourth-order valence-corrected chi connectivity index (χ4v) is 3.84. The zero-order valence-electron chi connectivity index (χ0n) is 15.2. The SMILES string of the molecule is CC(=O)[C@@]1(O)[C@@](O)(C(C)=O)[C@@H](CO)O[C@@]1(C(C)=O)n1cnc2c(=O)[nH]cnc21. The Morgan fingerprint density at radius 3 is 2.32 bits per heavy atom. The molecule has 12 nitrogen and oxygen atoms in total. The van der Waals surface area contributed by atoms with Crippen LogP contribution in [-0.2, 0) is 24.8 Å². The first-order chi connectivity index (χ1) is 13.0. The second-order valence-corrected chi connectivity index (χ2v) is 6.60. The molecule has 2 aromatic rings. The van der Waals surface area contributed by atoms with E-state index in [1.165, 1.54) is 0 Å². The average Bonchev–Trinajstić information content (AvgIpc) is 3.14. The van der Waals surface area contributed by atoms with Crippen molar-refractivity contribution in [2.45, 2.75) is 43.8 Å². The Bertz CT molecular complexity index is 1060. The number of nitrogens with zero attached hydrogens (tertiary/aromatic N) is 3. The third-order valence-electron chi connectivity index (χ3n) is 5.19. The van der Waals surface area contributed by atoms with Crippen LogP contribution in [0, 0.1) is 0 Å². The van der Waals surface area contributed by atoms with Crippen molar-refractivity contribution in [1.29, 1.82) is 0 Å². The summed E-state index contributed by atoms with van der Waals surface area (Å²) >= 11 is 0. The molecule has 3 rings (SSSR count). The molecule has 28 heavy (non-hydrogen) atoms. The summed E-state index contributed by atoms with van der Waals surface area (Å²) < 4.78 is 6.35. The fraction of sp³-hybridized carbons (Fsp3) is 0.500. The Labute approximate surface area is 156 Å². The molecule has 1 fully saturated rings. The highest BCUT2D eigenvalue weighted by Crippen LogP contribution is 2.52. The van der Waals surface area contributed by atoms with Gasteiger partial charge >= 0.3 is 0 Å². The Kier molecular flexibility index (Phi) is 4.35. The molecule has 12 heteroatoms. The molecule has 1 aliphatic heterocycles. The van der Waals surface area contributed by atoms with Crippen LogP contribution >= 0.6 is 0 Å². The van der Waals surface area contributed by atoms with Gasteiger partial charge in [-0.25, -0.2) is 9.97 Å². The topological polar surface area (TPSA) is 185 Å². The minimum atomic E-state index is -3.15. The predicted octanol–water partition coefficient (Wildman–Crippen LogP) is -2.61. The molecule has 1 aliphatic rings. The zero-order valence-corrected chi connectivity index (χ0v) is 15.2. The predicted molar refractivity (Wildman–Crippen MR) is 90.0 cm³/mol. The number of imidazole rings is 1. The van der Waals surface area contributed by atoms with Crippen molar-refractivity contribution < 1.29 is 34.4 Å². The summed E-state index contributed by atoms with van der Waals surface area (Å²) in [7, 11) is 0. The Morgan fingerprint density at radius 2 is 1.82 bits per heavy atom. The molecule has 150 valence electrons. The summed E-state index contributed by atoms with van der Waals surface area (Å²) in [6.07, 6.45) is 0.0871. The largest absolute Gasteiger partial charge is 0.394 e. The summed E-state index contributed by atoms with van der Waals surface area (Å²) in [5.74, 6) is -3.28. The molecule has 2 aromatic heterocycles. The number of aliphatic hydroxyl groups is 3. The summed E-state index contributed by atoms with van der Waals surface area (Å²) in [6, 6.07) is 0. The van der Waals surface area contributed by atoms with Crippen molar-refractivity contribution in [2.24, 2.45) is 0 Å². The normalized spacial score (nSPS) is 32.6. The number of ketones is 3. The maximum Gasteiger partial charge on any atom is 0.278 e. The van der Waals surface area contributed by atoms with Gasteiger partial charge in [-0.3, -0.25) is 23.7 Å². The van der Waals surface area contributed by atoms with Crippen molar-refractivity contribution in [3.8, 4) is 0 Å². The maximum absolute atomic E-state index is 12.8. The van der Waals surface area contributed by atoms with E-state index in [1.54, 1.807) is 0 Å². The van der Waals surface area contributed by atoms with Crippen molar-refractivity contribution in [3.05, 3.63) is 23.0 Å². The molecule has 1 saturated heterocycles. The van der Waals surface area contributed by atoms with Gasteiger partial charge < -0.3 is 25.0 Å². The van der Waals surface area contributed by atoms with Gasteiger partial charge in [-0.1, -0.05) is 0 Å². The van der Waals surface area contributed by atoms with E-state index in [2.05, 4.69) is 15.0 Å². The van der Waals surface area contributed by atoms with Crippen molar-refractivity contribution in [3.63, 3.8) is 0 Å². The molecule has 0 spiro atoms. The van der Waals surface area contributed by atoms with E-state index in [4.69, 9.17) is 4.74 Å². The number of aromatic amines is 1. The molecule has 0 unspecified atom stereocenters. The molecule has 0 aromatic carbocycles. The fourth-order valence-electron chi connectivity index (χ4n) is 3.84. The quantitative estimate of drug-likeness (QED) is 0.419. The minimum Gasteiger partial charge on any atom is -0.394 e. The third-order valence-corrected chi connectivity index (χ3v) is 5.19. The van der Waals surface area contributed by atoms with Gasteiger partial charge in [-0.15, -0.1) is 0 Å². The highest BCUT2D eigenvalue weighted by Gasteiger charge is 2.80. The van der Waals surface area contributed by atoms with Gasteiger partial charge in [0.1, 0.15) is 12.4 Å². The summed E-state index contributed by atoms with van der Waals surface area (Å²) in [5.41, 5.74) is -9.99. The monoisotopic (exact) mass is 394 g/mol. The van der Waals surface area contributed by atoms with Crippen LogP contribution in [0.15, 0.2) is 17.4 Å². The smallest absolute Gasteiger partial charge is 0.278 e. The number of carbonyl (C=O) groups is 3. The Balaban J connectivity index is 2.50. The van der Waals surface area contributed by atoms with Crippen LogP contribution in [0.4, 0.5) is 0 Å². The first kappa shape index (κ1) is 19.9. The number of rotatable bonds is 5. The molecule has 3 heterocycles. The summed E-state index contributed by atoms with van der Waals surface area (Å²) in [4.78, 5) is 59.6. The van der Waals surface area contributed by atoms with Crippen LogP contribution in [0.1, 0.15) is 20.8 Å². The van der Waals surface area contributed by atoms with Crippen molar-refractivity contribution in [1.82, 2.24) is 19.5 Å². The molecule has 0 radical (unpaired) electrons. The van der Waals surface area contributed by atoms with Gasteiger partial charge in [0.2, 0.25) is 11.3 Å². The lowest BCUT2D eigenvalue weighted by Crippen LogP contribution is -2.72. The lowest BCUT2D eigenvalue weighted by molar-refractivity contribution is -0.206. The number of aliphatic hydroxyl groups excluding tert-OH is 1. The number of Topliss-reactive ketones (excluding diaryl/α,β-unsaturated/α-hetero) is 3. The van der Waals surface area contributed by atoms with Gasteiger partial charge in [-0.2, -0.15) is 0 Å². The highest BCUT2D eigenvalue weighted by atomic mass is 16.6. The van der Waals surface area contributed by atoms with Crippen LogP contribution < -0.4 is 5.56 Å². The number of hydrogen-bond donors (Lipinski definition) is 4. The van der Waals surface area contributed by atoms with E-state index >= 15 is 0 Å². The van der Waals surface area contributed by atoms with Crippen LogP contribution in [0.25, 0.3) is 11.2 Å². The number of hydrogen-bond acceptors (Lipinski definition) is 10. The molecule has 4 atom stereocenters. The summed E-state index contributed by atoms with van der Waals surface area (Å²) in [6.45, 7) is 1.69.